The Morgan fingerprint density at radius 2 is 2.22 bits per heavy atom. The zero-order chi connectivity index (χ0) is 6.95. The van der Waals surface area contributed by atoms with Crippen LogP contribution < -0.4 is 5.48 Å². The second kappa shape index (κ2) is 7.50. The molecule has 1 N–H and O–H groups in total. The van der Waals surface area contributed by atoms with E-state index in [0.29, 0.717) is 6.61 Å². The lowest BCUT2D eigenvalue weighted by Gasteiger charge is -1.95. The Labute approximate surface area is 56.9 Å². The Kier molecular flexibility index (Phi) is 7.08. The van der Waals surface area contributed by atoms with Gasteiger partial charge in [-0.25, -0.2) is 0 Å². The Morgan fingerprint density at radius 3 is 2.78 bits per heavy atom. The first-order valence-electron chi connectivity index (χ1n) is 3.44. The van der Waals surface area contributed by atoms with E-state index in [1.807, 2.05) is 13.1 Å². The Bertz CT molecular complexity index is 71.3. The van der Waals surface area contributed by atoms with E-state index in [0.717, 1.165) is 6.42 Å². The van der Waals surface area contributed by atoms with Crippen molar-refractivity contribution < 1.29 is 4.84 Å². The van der Waals surface area contributed by atoms with Crippen molar-refractivity contribution in [2.24, 2.45) is 0 Å². The van der Waals surface area contributed by atoms with Crippen LogP contribution in [0.3, 0.4) is 0 Å². The maximum absolute atomic E-state index is 4.84. The van der Waals surface area contributed by atoms with Crippen molar-refractivity contribution in [2.75, 3.05) is 6.61 Å². The number of unbranched alkanes of at least 4 members (excludes halogenated alkanes) is 1. The normalized spacial score (nSPS) is 10.4. The van der Waals surface area contributed by atoms with Gasteiger partial charge in [-0.1, -0.05) is 19.4 Å². The van der Waals surface area contributed by atoms with Crippen molar-refractivity contribution in [3.05, 3.63) is 12.3 Å². The highest BCUT2D eigenvalue weighted by Crippen LogP contribution is 1.85. The lowest BCUT2D eigenvalue weighted by molar-refractivity contribution is 0.0823. The molecule has 2 nitrogen and oxygen atoms in total. The molecule has 54 valence electrons. The van der Waals surface area contributed by atoms with Gasteiger partial charge < -0.3 is 0 Å². The molecule has 2 heteroatoms. The van der Waals surface area contributed by atoms with Gasteiger partial charge >= 0.3 is 0 Å². The minimum atomic E-state index is 0.705. The standard InChI is InChI=1S/C7H15NO/c1-3-5-6-7-8-9-4-2/h6-8H,3-5H2,1-2H3/b7-6+. The van der Waals surface area contributed by atoms with Crippen LogP contribution in [0.1, 0.15) is 26.7 Å². The van der Waals surface area contributed by atoms with Gasteiger partial charge in [0.2, 0.25) is 0 Å². The highest BCUT2D eigenvalue weighted by atomic mass is 16.6. The van der Waals surface area contributed by atoms with Crippen LogP contribution in [0.4, 0.5) is 0 Å². The number of allylic oxidation sites excluding steroid dienone is 1. The van der Waals surface area contributed by atoms with Gasteiger partial charge in [0.25, 0.3) is 0 Å². The van der Waals surface area contributed by atoms with Crippen LogP contribution in [0.2, 0.25) is 0 Å². The lowest BCUT2D eigenvalue weighted by atomic mass is 10.3. The number of hydrogen-bond donors (Lipinski definition) is 1. The molecule has 0 atom stereocenters. The van der Waals surface area contributed by atoms with Crippen molar-refractivity contribution >= 4 is 0 Å². The minimum absolute atomic E-state index is 0.705. The highest BCUT2D eigenvalue weighted by Gasteiger charge is 1.72. The molecule has 0 spiro atoms. The first-order chi connectivity index (χ1) is 4.41. The van der Waals surface area contributed by atoms with Crippen LogP contribution in [0.25, 0.3) is 0 Å². The zero-order valence-electron chi connectivity index (χ0n) is 6.18. The minimum Gasteiger partial charge on any atom is -0.277 e. The van der Waals surface area contributed by atoms with Crippen molar-refractivity contribution in [3.8, 4) is 0 Å². The smallest absolute Gasteiger partial charge is 0.0717 e. The molecular formula is C7H15NO. The number of rotatable bonds is 5. The first kappa shape index (κ1) is 8.50. The quantitative estimate of drug-likeness (QED) is 0.451. The molecule has 0 aliphatic heterocycles. The first-order valence-corrected chi connectivity index (χ1v) is 3.44. The molecule has 0 aromatic rings. The molecule has 0 rings (SSSR count). The maximum Gasteiger partial charge on any atom is 0.0717 e. The second-order valence-corrected chi connectivity index (χ2v) is 1.74. The van der Waals surface area contributed by atoms with Gasteiger partial charge in [0, 0.05) is 6.20 Å². The molecule has 0 fully saturated rings. The van der Waals surface area contributed by atoms with Gasteiger partial charge in [-0.05, 0) is 13.3 Å². The molecule has 0 aliphatic carbocycles. The van der Waals surface area contributed by atoms with Crippen molar-refractivity contribution in [2.45, 2.75) is 26.7 Å². The Hall–Kier alpha value is -0.500. The average molecular weight is 129 g/mol. The highest BCUT2D eigenvalue weighted by molar-refractivity contribution is 4.75. The van der Waals surface area contributed by atoms with Crippen LogP contribution >= 0.6 is 0 Å². The Morgan fingerprint density at radius 1 is 1.44 bits per heavy atom. The average Bonchev–Trinajstić information content (AvgIpc) is 1.89. The van der Waals surface area contributed by atoms with Gasteiger partial charge in [-0.3, -0.25) is 10.3 Å². The molecule has 0 aromatic carbocycles. The van der Waals surface area contributed by atoms with E-state index in [4.69, 9.17) is 4.84 Å². The van der Waals surface area contributed by atoms with Crippen molar-refractivity contribution in [1.82, 2.24) is 5.48 Å². The largest absolute Gasteiger partial charge is 0.277 e. The molecular weight excluding hydrogens is 114 g/mol. The van der Waals surface area contributed by atoms with Gasteiger partial charge in [0.15, 0.2) is 0 Å². The third-order valence-corrected chi connectivity index (χ3v) is 0.869. The fourth-order valence-corrected chi connectivity index (χ4v) is 0.430. The number of nitrogens with one attached hydrogen (secondary N) is 1. The predicted molar refractivity (Wildman–Crippen MR) is 38.8 cm³/mol. The molecule has 0 aromatic heterocycles. The van der Waals surface area contributed by atoms with Gasteiger partial charge in [-0.15, -0.1) is 0 Å². The summed E-state index contributed by atoms with van der Waals surface area (Å²) >= 11 is 0. The molecule has 0 heterocycles. The summed E-state index contributed by atoms with van der Waals surface area (Å²) in [5.74, 6) is 0. The summed E-state index contributed by atoms with van der Waals surface area (Å²) in [5, 5.41) is 0. The van der Waals surface area contributed by atoms with E-state index in [1.165, 1.54) is 6.42 Å². The summed E-state index contributed by atoms with van der Waals surface area (Å²) in [6.07, 6.45) is 6.17. The van der Waals surface area contributed by atoms with Crippen molar-refractivity contribution in [1.29, 1.82) is 0 Å². The summed E-state index contributed by atoms with van der Waals surface area (Å²) in [4.78, 5) is 4.84. The van der Waals surface area contributed by atoms with E-state index in [9.17, 15) is 0 Å². The topological polar surface area (TPSA) is 21.3 Å². The Balaban J connectivity index is 2.86. The monoisotopic (exact) mass is 129 g/mol. The van der Waals surface area contributed by atoms with Crippen LogP contribution in [0.5, 0.6) is 0 Å². The summed E-state index contributed by atoms with van der Waals surface area (Å²) in [6.45, 7) is 4.79. The summed E-state index contributed by atoms with van der Waals surface area (Å²) in [6, 6.07) is 0. The maximum atomic E-state index is 4.84. The molecule has 0 unspecified atom stereocenters. The zero-order valence-corrected chi connectivity index (χ0v) is 6.18. The molecule has 0 saturated carbocycles. The third kappa shape index (κ3) is 7.50. The third-order valence-electron chi connectivity index (χ3n) is 0.869. The lowest BCUT2D eigenvalue weighted by Crippen LogP contribution is -2.04. The number of hydrogen-bond acceptors (Lipinski definition) is 2. The van der Waals surface area contributed by atoms with Crippen LogP contribution in [0.15, 0.2) is 12.3 Å². The summed E-state index contributed by atoms with van der Waals surface area (Å²) in [5.41, 5.74) is 2.69. The van der Waals surface area contributed by atoms with E-state index in [2.05, 4.69) is 18.5 Å². The fraction of sp³-hybridized carbons (Fsp3) is 0.714. The van der Waals surface area contributed by atoms with E-state index in [1.54, 1.807) is 0 Å². The molecule has 0 bridgehead atoms. The predicted octanol–water partition coefficient (Wildman–Crippen LogP) is 1.84. The molecule has 9 heavy (non-hydrogen) atoms. The fourth-order valence-electron chi connectivity index (χ4n) is 0.430. The summed E-state index contributed by atoms with van der Waals surface area (Å²) < 4.78 is 0. The van der Waals surface area contributed by atoms with Crippen molar-refractivity contribution in [3.63, 3.8) is 0 Å². The van der Waals surface area contributed by atoms with Crippen LogP contribution in [0, 0.1) is 0 Å². The number of hydroxylamine groups is 1. The van der Waals surface area contributed by atoms with Crippen LogP contribution in [-0.4, -0.2) is 6.61 Å². The van der Waals surface area contributed by atoms with Crippen LogP contribution in [-0.2, 0) is 4.84 Å². The summed E-state index contributed by atoms with van der Waals surface area (Å²) in [7, 11) is 0. The molecule has 0 radical (unpaired) electrons. The van der Waals surface area contributed by atoms with E-state index >= 15 is 0 Å². The molecule has 0 saturated heterocycles. The van der Waals surface area contributed by atoms with E-state index < -0.39 is 0 Å². The van der Waals surface area contributed by atoms with Gasteiger partial charge in [0.1, 0.15) is 0 Å². The van der Waals surface area contributed by atoms with Gasteiger partial charge in [0.05, 0.1) is 6.61 Å². The SMILES string of the molecule is CCC/C=C/NOCC. The molecule has 0 aliphatic rings. The van der Waals surface area contributed by atoms with Gasteiger partial charge in [-0.2, -0.15) is 0 Å². The second-order valence-electron chi connectivity index (χ2n) is 1.74. The molecule has 0 amide bonds. The van der Waals surface area contributed by atoms with E-state index in [-0.39, 0.29) is 0 Å².